The Hall–Kier alpha value is -2.22. The molecule has 0 saturated heterocycles. The summed E-state index contributed by atoms with van der Waals surface area (Å²) in [6.07, 6.45) is 5.31. The third kappa shape index (κ3) is 2.89. The molecule has 2 heteroatoms. The van der Waals surface area contributed by atoms with E-state index >= 15 is 0 Å². The summed E-state index contributed by atoms with van der Waals surface area (Å²) < 4.78 is 0. The average molecular weight is 208 g/mol. The van der Waals surface area contributed by atoms with Crippen molar-refractivity contribution >= 4 is 10.9 Å². The molecule has 0 amide bonds. The van der Waals surface area contributed by atoms with Crippen LogP contribution in [0.1, 0.15) is 0 Å². The number of pyridine rings is 2. The minimum Gasteiger partial charge on any atom is -0.265 e. The van der Waals surface area contributed by atoms with Crippen LogP contribution in [-0.2, 0) is 0 Å². The molecule has 0 aliphatic carbocycles. The van der Waals surface area contributed by atoms with Crippen LogP contribution >= 0.6 is 0 Å². The Balaban J connectivity index is 0.000000138. The maximum Gasteiger partial charge on any atom is 0.0701 e. The van der Waals surface area contributed by atoms with Crippen LogP contribution in [0.2, 0.25) is 0 Å². The predicted molar refractivity (Wildman–Crippen MR) is 66.0 cm³/mol. The van der Waals surface area contributed by atoms with Gasteiger partial charge in [-0.05, 0) is 24.3 Å². The maximum atomic E-state index is 4.18. The highest BCUT2D eigenvalue weighted by atomic mass is 14.6. The molecule has 2 aromatic heterocycles. The Bertz CT molecular complexity index is 443. The van der Waals surface area contributed by atoms with Gasteiger partial charge in [-0.2, -0.15) is 0 Å². The summed E-state index contributed by atoms with van der Waals surface area (Å²) in [6.45, 7) is 0. The van der Waals surface area contributed by atoms with Crippen LogP contribution in [0.3, 0.4) is 0 Å². The van der Waals surface area contributed by atoms with Crippen molar-refractivity contribution in [3.05, 3.63) is 73.2 Å². The summed E-state index contributed by atoms with van der Waals surface area (Å²) in [5.41, 5.74) is 1.06. The predicted octanol–water partition coefficient (Wildman–Crippen LogP) is 3.32. The monoisotopic (exact) mass is 208 g/mol. The fraction of sp³-hybridized carbons (Fsp3) is 0. The summed E-state index contributed by atoms with van der Waals surface area (Å²) in [6, 6.07) is 17.8. The number of benzene rings is 1. The first-order valence-corrected chi connectivity index (χ1v) is 5.11. The highest BCUT2D eigenvalue weighted by Gasteiger charge is 1.86. The van der Waals surface area contributed by atoms with Gasteiger partial charge in [-0.1, -0.05) is 30.3 Å². The first kappa shape index (κ1) is 10.3. The van der Waals surface area contributed by atoms with Crippen molar-refractivity contribution in [1.82, 2.24) is 9.97 Å². The second-order valence-electron chi connectivity index (χ2n) is 3.22. The Morgan fingerprint density at radius 1 is 0.625 bits per heavy atom. The molecule has 2 nitrogen and oxygen atoms in total. The van der Waals surface area contributed by atoms with Crippen LogP contribution in [0.4, 0.5) is 0 Å². The molecule has 2 heterocycles. The molecule has 0 unspecified atom stereocenters. The molecule has 0 aliphatic rings. The number of aromatic nitrogens is 2. The van der Waals surface area contributed by atoms with Gasteiger partial charge in [0.1, 0.15) is 0 Å². The minimum atomic E-state index is 1.06. The van der Waals surface area contributed by atoms with E-state index in [1.54, 1.807) is 12.4 Å². The van der Waals surface area contributed by atoms with Crippen molar-refractivity contribution in [3.63, 3.8) is 0 Å². The Morgan fingerprint density at radius 3 is 2.00 bits per heavy atom. The lowest BCUT2D eigenvalue weighted by Gasteiger charge is -1.91. The van der Waals surface area contributed by atoms with Crippen LogP contribution in [0.15, 0.2) is 73.2 Å². The number of para-hydroxylation sites is 1. The van der Waals surface area contributed by atoms with E-state index in [0.29, 0.717) is 0 Å². The van der Waals surface area contributed by atoms with Crippen molar-refractivity contribution in [3.8, 4) is 0 Å². The topological polar surface area (TPSA) is 25.8 Å². The highest BCUT2D eigenvalue weighted by Crippen LogP contribution is 2.07. The standard InChI is InChI=1S/C9H7N.C5H5N/c1-2-6-9-8(4-1)5-3-7-10-9;1-2-4-6-5-3-1/h1-7H;1-5H. The summed E-state index contributed by atoms with van der Waals surface area (Å²) in [5, 5.41) is 1.20. The van der Waals surface area contributed by atoms with Gasteiger partial charge in [0.25, 0.3) is 0 Å². The van der Waals surface area contributed by atoms with E-state index in [1.807, 2.05) is 48.7 Å². The second kappa shape index (κ2) is 5.61. The van der Waals surface area contributed by atoms with E-state index in [9.17, 15) is 0 Å². The zero-order valence-electron chi connectivity index (χ0n) is 8.82. The molecule has 0 saturated carbocycles. The molecule has 0 N–H and O–H groups in total. The van der Waals surface area contributed by atoms with E-state index in [2.05, 4.69) is 22.1 Å². The van der Waals surface area contributed by atoms with Crippen LogP contribution in [0.5, 0.6) is 0 Å². The van der Waals surface area contributed by atoms with Crippen LogP contribution in [-0.4, -0.2) is 9.97 Å². The van der Waals surface area contributed by atoms with Crippen molar-refractivity contribution in [1.29, 1.82) is 0 Å². The van der Waals surface area contributed by atoms with E-state index in [-0.39, 0.29) is 0 Å². The Kier molecular flexibility index (Phi) is 3.61. The van der Waals surface area contributed by atoms with E-state index in [1.165, 1.54) is 5.39 Å². The first-order valence-electron chi connectivity index (χ1n) is 5.11. The summed E-state index contributed by atoms with van der Waals surface area (Å²) >= 11 is 0. The molecule has 0 fully saturated rings. The van der Waals surface area contributed by atoms with Crippen LogP contribution in [0, 0.1) is 0 Å². The SMILES string of the molecule is c1ccc2ncccc2c1.c1ccncc1. The van der Waals surface area contributed by atoms with Gasteiger partial charge in [0.05, 0.1) is 5.52 Å². The van der Waals surface area contributed by atoms with Crippen molar-refractivity contribution in [2.45, 2.75) is 0 Å². The van der Waals surface area contributed by atoms with E-state index < -0.39 is 0 Å². The lowest BCUT2D eigenvalue weighted by molar-refractivity contribution is 1.33. The van der Waals surface area contributed by atoms with E-state index in [0.717, 1.165) is 5.52 Å². The zero-order chi connectivity index (χ0) is 11.1. The number of hydrogen-bond donors (Lipinski definition) is 0. The molecular formula is C14H12N2. The fourth-order valence-corrected chi connectivity index (χ4v) is 1.33. The minimum absolute atomic E-state index is 1.06. The number of hydrogen-bond acceptors (Lipinski definition) is 2. The fourth-order valence-electron chi connectivity index (χ4n) is 1.33. The van der Waals surface area contributed by atoms with Crippen molar-refractivity contribution in [2.24, 2.45) is 0 Å². The molecule has 3 rings (SSSR count). The molecule has 1 aromatic carbocycles. The van der Waals surface area contributed by atoms with Crippen LogP contribution < -0.4 is 0 Å². The van der Waals surface area contributed by atoms with Gasteiger partial charge in [0.2, 0.25) is 0 Å². The smallest absolute Gasteiger partial charge is 0.0701 e. The second-order valence-corrected chi connectivity index (χ2v) is 3.22. The van der Waals surface area contributed by atoms with E-state index in [4.69, 9.17) is 0 Å². The van der Waals surface area contributed by atoms with Gasteiger partial charge in [-0.25, -0.2) is 0 Å². The average Bonchev–Trinajstić information content (AvgIpc) is 2.42. The van der Waals surface area contributed by atoms with Crippen molar-refractivity contribution < 1.29 is 0 Å². The quantitative estimate of drug-likeness (QED) is 0.566. The lowest BCUT2D eigenvalue weighted by Crippen LogP contribution is -1.73. The summed E-state index contributed by atoms with van der Waals surface area (Å²) in [5.74, 6) is 0. The molecule has 0 aliphatic heterocycles. The normalized spacial score (nSPS) is 9.25. The third-order valence-electron chi connectivity index (χ3n) is 2.08. The molecule has 78 valence electrons. The molecule has 3 aromatic rings. The lowest BCUT2D eigenvalue weighted by atomic mass is 10.2. The zero-order valence-corrected chi connectivity index (χ0v) is 8.82. The summed E-state index contributed by atoms with van der Waals surface area (Å²) in [7, 11) is 0. The molecule has 0 atom stereocenters. The largest absolute Gasteiger partial charge is 0.265 e. The van der Waals surface area contributed by atoms with Gasteiger partial charge < -0.3 is 0 Å². The Morgan fingerprint density at radius 2 is 1.38 bits per heavy atom. The van der Waals surface area contributed by atoms with Gasteiger partial charge in [-0.3, -0.25) is 9.97 Å². The molecular weight excluding hydrogens is 196 g/mol. The number of nitrogens with zero attached hydrogens (tertiary/aromatic N) is 2. The summed E-state index contributed by atoms with van der Waals surface area (Å²) in [4.78, 5) is 7.97. The van der Waals surface area contributed by atoms with Gasteiger partial charge in [0.15, 0.2) is 0 Å². The first-order chi connectivity index (χ1) is 7.97. The number of fused-ring (bicyclic) bond motifs is 1. The van der Waals surface area contributed by atoms with Crippen LogP contribution in [0.25, 0.3) is 10.9 Å². The molecule has 0 spiro atoms. The van der Waals surface area contributed by atoms with Crippen molar-refractivity contribution in [2.75, 3.05) is 0 Å². The Labute approximate surface area is 94.6 Å². The highest BCUT2D eigenvalue weighted by molar-refractivity contribution is 5.77. The van der Waals surface area contributed by atoms with Gasteiger partial charge >= 0.3 is 0 Å². The third-order valence-corrected chi connectivity index (χ3v) is 2.08. The molecule has 0 bridgehead atoms. The molecule has 16 heavy (non-hydrogen) atoms. The van der Waals surface area contributed by atoms with Gasteiger partial charge in [0, 0.05) is 24.0 Å². The molecule has 0 radical (unpaired) electrons. The number of rotatable bonds is 0. The van der Waals surface area contributed by atoms with Gasteiger partial charge in [-0.15, -0.1) is 0 Å². The maximum absolute atomic E-state index is 4.18.